The van der Waals surface area contributed by atoms with Gasteiger partial charge in [-0.05, 0) is 65.2 Å². The van der Waals surface area contributed by atoms with Gasteiger partial charge in [0, 0.05) is 31.8 Å². The maximum Gasteiger partial charge on any atom is 0.407 e. The van der Waals surface area contributed by atoms with Gasteiger partial charge < -0.3 is 14.8 Å². The summed E-state index contributed by atoms with van der Waals surface area (Å²) in [5.74, 6) is 1.31. The minimum absolute atomic E-state index is 0.263. The van der Waals surface area contributed by atoms with E-state index in [1.165, 1.54) is 13.0 Å². The average molecular weight is 324 g/mol. The number of ether oxygens (including phenoxy) is 2. The lowest BCUT2D eigenvalue weighted by Gasteiger charge is -2.35. The number of alkyl carbamates (subject to hydrolysis) is 1. The zero-order valence-corrected chi connectivity index (χ0v) is 15.0. The van der Waals surface area contributed by atoms with E-state index in [4.69, 9.17) is 9.47 Å². The summed E-state index contributed by atoms with van der Waals surface area (Å²) in [6.07, 6.45) is 4.72. The monoisotopic (exact) mass is 324 g/mol. The van der Waals surface area contributed by atoms with Gasteiger partial charge in [0.15, 0.2) is 0 Å². The molecule has 1 aliphatic carbocycles. The van der Waals surface area contributed by atoms with Gasteiger partial charge in [-0.3, -0.25) is 4.90 Å². The van der Waals surface area contributed by atoms with Crippen molar-refractivity contribution in [3.8, 4) is 0 Å². The van der Waals surface area contributed by atoms with Gasteiger partial charge in [0.25, 0.3) is 0 Å². The molecule has 2 saturated heterocycles. The molecule has 3 aliphatic rings. The van der Waals surface area contributed by atoms with Crippen molar-refractivity contribution in [1.82, 2.24) is 10.2 Å². The summed E-state index contributed by atoms with van der Waals surface area (Å²) in [6, 6.07) is 0.934. The summed E-state index contributed by atoms with van der Waals surface area (Å²) in [5, 5.41) is 3.13. The number of hydrogen-bond donors (Lipinski definition) is 1. The zero-order valence-electron chi connectivity index (χ0n) is 15.0. The molecular weight excluding hydrogens is 292 g/mol. The molecule has 2 heterocycles. The van der Waals surface area contributed by atoms with Gasteiger partial charge in [-0.15, -0.1) is 0 Å². The van der Waals surface area contributed by atoms with Crippen LogP contribution in [0.25, 0.3) is 0 Å². The van der Waals surface area contributed by atoms with Crippen molar-refractivity contribution in [2.75, 3.05) is 19.7 Å². The van der Waals surface area contributed by atoms with Crippen LogP contribution in [0.3, 0.4) is 0 Å². The molecule has 132 valence electrons. The summed E-state index contributed by atoms with van der Waals surface area (Å²) in [7, 11) is 0. The van der Waals surface area contributed by atoms with Crippen LogP contribution in [0.15, 0.2) is 0 Å². The molecule has 2 aliphatic heterocycles. The van der Waals surface area contributed by atoms with Crippen molar-refractivity contribution in [1.29, 1.82) is 0 Å². The van der Waals surface area contributed by atoms with Crippen molar-refractivity contribution in [3.05, 3.63) is 0 Å². The van der Waals surface area contributed by atoms with E-state index in [0.717, 1.165) is 38.3 Å². The number of hydrogen-bond acceptors (Lipinski definition) is 4. The first-order valence-electron chi connectivity index (χ1n) is 9.17. The Hall–Kier alpha value is -0.810. The van der Waals surface area contributed by atoms with E-state index in [0.29, 0.717) is 18.1 Å². The van der Waals surface area contributed by atoms with Crippen LogP contribution in [0.2, 0.25) is 0 Å². The highest BCUT2D eigenvalue weighted by molar-refractivity contribution is 5.68. The Morgan fingerprint density at radius 1 is 1.22 bits per heavy atom. The maximum atomic E-state index is 12.1. The molecule has 1 amide bonds. The standard InChI is InChI=1S/C18H32N2O3/c1-12-9-14(7-8-22-12)20-10-13-5-6-16(15(13)11-20)19-17(21)23-18(2,3)4/h12-16H,5-11H2,1-4H3,(H,19,21)/t12-,13?,14+,15?,16?/m1/s1. The Kier molecular flexibility index (Phi) is 4.88. The second-order valence-corrected chi connectivity index (χ2v) is 8.57. The molecule has 5 heteroatoms. The number of rotatable bonds is 2. The molecule has 0 bridgehead atoms. The van der Waals surface area contributed by atoms with Gasteiger partial charge in [-0.2, -0.15) is 0 Å². The highest BCUT2D eigenvalue weighted by atomic mass is 16.6. The lowest BCUT2D eigenvalue weighted by atomic mass is 9.98. The Morgan fingerprint density at radius 2 is 2.00 bits per heavy atom. The normalized spacial score (nSPS) is 38.3. The van der Waals surface area contributed by atoms with Crippen LogP contribution in [0, 0.1) is 11.8 Å². The summed E-state index contributed by atoms with van der Waals surface area (Å²) >= 11 is 0. The number of nitrogens with one attached hydrogen (secondary N) is 1. The first-order valence-corrected chi connectivity index (χ1v) is 9.17. The summed E-state index contributed by atoms with van der Waals surface area (Å²) in [4.78, 5) is 14.7. The summed E-state index contributed by atoms with van der Waals surface area (Å²) in [5.41, 5.74) is -0.429. The summed E-state index contributed by atoms with van der Waals surface area (Å²) < 4.78 is 11.1. The van der Waals surface area contributed by atoms with Crippen LogP contribution in [0.4, 0.5) is 4.79 Å². The van der Waals surface area contributed by atoms with Gasteiger partial charge in [0.2, 0.25) is 0 Å². The minimum atomic E-state index is -0.429. The lowest BCUT2D eigenvalue weighted by molar-refractivity contribution is -0.0140. The van der Waals surface area contributed by atoms with Crippen LogP contribution in [0.1, 0.15) is 53.4 Å². The van der Waals surface area contributed by atoms with Crippen LogP contribution >= 0.6 is 0 Å². The molecule has 1 saturated carbocycles. The Labute approximate surface area is 140 Å². The number of nitrogens with zero attached hydrogens (tertiary/aromatic N) is 1. The summed E-state index contributed by atoms with van der Waals surface area (Å²) in [6.45, 7) is 11.1. The number of fused-ring (bicyclic) bond motifs is 1. The molecule has 3 rings (SSSR count). The van der Waals surface area contributed by atoms with E-state index in [2.05, 4.69) is 17.1 Å². The molecule has 5 atom stereocenters. The average Bonchev–Trinajstić information content (AvgIpc) is 2.99. The number of likely N-dealkylation sites (tertiary alicyclic amines) is 1. The van der Waals surface area contributed by atoms with Crippen molar-refractivity contribution >= 4 is 6.09 Å². The van der Waals surface area contributed by atoms with Crippen molar-refractivity contribution in [3.63, 3.8) is 0 Å². The molecule has 0 spiro atoms. The van der Waals surface area contributed by atoms with Gasteiger partial charge >= 0.3 is 6.09 Å². The van der Waals surface area contributed by atoms with E-state index in [1.807, 2.05) is 20.8 Å². The van der Waals surface area contributed by atoms with E-state index >= 15 is 0 Å². The number of amides is 1. The van der Waals surface area contributed by atoms with Crippen LogP contribution in [0.5, 0.6) is 0 Å². The van der Waals surface area contributed by atoms with Crippen LogP contribution < -0.4 is 5.32 Å². The predicted molar refractivity (Wildman–Crippen MR) is 89.4 cm³/mol. The van der Waals surface area contributed by atoms with E-state index in [-0.39, 0.29) is 12.1 Å². The number of carbonyl (C=O) groups is 1. The molecule has 3 fully saturated rings. The molecule has 3 unspecified atom stereocenters. The molecule has 0 radical (unpaired) electrons. The second-order valence-electron chi connectivity index (χ2n) is 8.57. The molecule has 0 aromatic carbocycles. The molecular formula is C18H32N2O3. The Balaban J connectivity index is 1.53. The van der Waals surface area contributed by atoms with Gasteiger partial charge in [-0.25, -0.2) is 4.79 Å². The third-order valence-electron chi connectivity index (χ3n) is 5.56. The maximum absolute atomic E-state index is 12.1. The Bertz CT molecular complexity index is 434. The van der Waals surface area contributed by atoms with Crippen LogP contribution in [-0.2, 0) is 9.47 Å². The molecule has 0 aromatic heterocycles. The fourth-order valence-electron chi connectivity index (χ4n) is 4.54. The first kappa shape index (κ1) is 17.0. The largest absolute Gasteiger partial charge is 0.444 e. The van der Waals surface area contributed by atoms with E-state index < -0.39 is 5.60 Å². The number of carbonyl (C=O) groups excluding carboxylic acids is 1. The highest BCUT2D eigenvalue weighted by Gasteiger charge is 2.45. The predicted octanol–water partition coefficient (Wildman–Crippen LogP) is 2.79. The van der Waals surface area contributed by atoms with Crippen molar-refractivity contribution in [2.24, 2.45) is 11.8 Å². The zero-order chi connectivity index (χ0) is 16.6. The SMILES string of the molecule is C[C@@H]1C[C@@H](N2CC3CCC(NC(=O)OC(C)(C)C)C3C2)CCO1. The van der Waals surface area contributed by atoms with Gasteiger partial charge in [0.05, 0.1) is 6.10 Å². The smallest absolute Gasteiger partial charge is 0.407 e. The molecule has 0 aromatic rings. The topological polar surface area (TPSA) is 50.8 Å². The van der Waals surface area contributed by atoms with Crippen LogP contribution in [-0.4, -0.2) is 54.5 Å². The quantitative estimate of drug-likeness (QED) is 0.848. The van der Waals surface area contributed by atoms with Crippen molar-refractivity contribution < 1.29 is 14.3 Å². The fraction of sp³-hybridized carbons (Fsp3) is 0.944. The minimum Gasteiger partial charge on any atom is -0.444 e. The van der Waals surface area contributed by atoms with Crippen molar-refractivity contribution in [2.45, 2.75) is 77.2 Å². The Morgan fingerprint density at radius 3 is 2.70 bits per heavy atom. The van der Waals surface area contributed by atoms with Gasteiger partial charge in [-0.1, -0.05) is 0 Å². The van der Waals surface area contributed by atoms with E-state index in [9.17, 15) is 4.79 Å². The third kappa shape index (κ3) is 4.18. The molecule has 1 N–H and O–H groups in total. The highest BCUT2D eigenvalue weighted by Crippen LogP contribution is 2.40. The van der Waals surface area contributed by atoms with Gasteiger partial charge in [0.1, 0.15) is 5.60 Å². The third-order valence-corrected chi connectivity index (χ3v) is 5.56. The van der Waals surface area contributed by atoms with E-state index in [1.54, 1.807) is 0 Å². The molecule has 23 heavy (non-hydrogen) atoms. The fourth-order valence-corrected chi connectivity index (χ4v) is 4.54. The molecule has 5 nitrogen and oxygen atoms in total. The second kappa shape index (κ2) is 6.60. The first-order chi connectivity index (χ1) is 10.8. The lowest BCUT2D eigenvalue weighted by Crippen LogP contribution is -2.44.